The number of hydrogen-bond acceptors (Lipinski definition) is 7. The third-order valence-electron chi connectivity index (χ3n) is 5.97. The zero-order valence-corrected chi connectivity index (χ0v) is 18.7. The highest BCUT2D eigenvalue weighted by Crippen LogP contribution is 2.39. The predicted octanol–water partition coefficient (Wildman–Crippen LogP) is 0.652. The summed E-state index contributed by atoms with van der Waals surface area (Å²) in [5.74, 6) is -2.58. The van der Waals surface area contributed by atoms with Crippen molar-refractivity contribution in [1.82, 2.24) is 4.90 Å². The smallest absolute Gasteiger partial charge is 0.295 e. The molecule has 1 aliphatic rings. The van der Waals surface area contributed by atoms with Crippen LogP contribution in [0, 0.1) is 20.2 Å². The Bertz CT molecular complexity index is 1160. The van der Waals surface area contributed by atoms with Crippen LogP contribution >= 0.6 is 0 Å². The van der Waals surface area contributed by atoms with Gasteiger partial charge in [0.05, 0.1) is 42.1 Å². The van der Waals surface area contributed by atoms with Crippen molar-refractivity contribution in [2.75, 3.05) is 26.2 Å². The average molecular weight is 468 g/mol. The topological polar surface area (TPSA) is 151 Å². The number of ketones is 1. The van der Waals surface area contributed by atoms with Crippen molar-refractivity contribution in [3.05, 3.63) is 85.5 Å². The second kappa shape index (κ2) is 10.2. The van der Waals surface area contributed by atoms with E-state index >= 15 is 0 Å². The number of quaternary nitrogens is 1. The lowest BCUT2D eigenvalue weighted by Gasteiger charge is -2.28. The molecule has 1 aliphatic heterocycles. The lowest BCUT2D eigenvalue weighted by atomic mass is 9.95. The van der Waals surface area contributed by atoms with E-state index in [1.807, 2.05) is 13.8 Å². The number of non-ortho nitro benzene ring substituents is 2. The molecule has 1 atom stereocenters. The van der Waals surface area contributed by atoms with E-state index in [1.54, 1.807) is 0 Å². The van der Waals surface area contributed by atoms with E-state index in [0.29, 0.717) is 6.54 Å². The third kappa shape index (κ3) is 4.79. The molecule has 0 radical (unpaired) electrons. The lowest BCUT2D eigenvalue weighted by molar-refractivity contribution is -0.895. The fraction of sp³-hybridized carbons (Fsp3) is 0.304. The first-order valence-corrected chi connectivity index (χ1v) is 10.8. The quantitative estimate of drug-likeness (QED) is 0.187. The molecule has 11 heteroatoms. The van der Waals surface area contributed by atoms with Gasteiger partial charge in [-0.2, -0.15) is 0 Å². The van der Waals surface area contributed by atoms with E-state index in [1.165, 1.54) is 46.2 Å². The minimum absolute atomic E-state index is 0.00778. The van der Waals surface area contributed by atoms with Crippen molar-refractivity contribution < 1.29 is 29.4 Å². The van der Waals surface area contributed by atoms with Crippen LogP contribution in [0.1, 0.15) is 31.0 Å². The minimum atomic E-state index is -1.10. The van der Waals surface area contributed by atoms with Crippen LogP contribution < -0.4 is 10.0 Å². The molecule has 1 fully saturated rings. The van der Waals surface area contributed by atoms with Crippen molar-refractivity contribution in [3.8, 4) is 0 Å². The molecule has 0 spiro atoms. The van der Waals surface area contributed by atoms with E-state index in [4.69, 9.17) is 0 Å². The molecule has 0 aliphatic carbocycles. The summed E-state index contributed by atoms with van der Waals surface area (Å²) in [4.78, 5) is 49.5. The van der Waals surface area contributed by atoms with Crippen LogP contribution in [0.5, 0.6) is 0 Å². The number of amides is 1. The summed E-state index contributed by atoms with van der Waals surface area (Å²) in [5.41, 5.74) is -0.509. The molecule has 1 saturated heterocycles. The summed E-state index contributed by atoms with van der Waals surface area (Å²) >= 11 is 0. The second-order valence-corrected chi connectivity index (χ2v) is 7.84. The fourth-order valence-electron chi connectivity index (χ4n) is 4.03. The zero-order valence-electron chi connectivity index (χ0n) is 18.7. The van der Waals surface area contributed by atoms with Gasteiger partial charge in [-0.1, -0.05) is 17.9 Å². The van der Waals surface area contributed by atoms with E-state index < -0.39 is 33.3 Å². The minimum Gasteiger partial charge on any atom is -0.872 e. The highest BCUT2D eigenvalue weighted by Gasteiger charge is 2.44. The third-order valence-corrected chi connectivity index (χ3v) is 5.97. The summed E-state index contributed by atoms with van der Waals surface area (Å²) in [6, 6.07) is 9.11. The van der Waals surface area contributed by atoms with Crippen LogP contribution in [0.25, 0.3) is 5.76 Å². The molecule has 3 rings (SSSR count). The molecule has 2 aromatic rings. The maximum atomic E-state index is 13.3. The average Bonchev–Trinajstić information content (AvgIpc) is 3.09. The Hall–Kier alpha value is -4.12. The van der Waals surface area contributed by atoms with Gasteiger partial charge in [0.1, 0.15) is 0 Å². The number of Topliss-reactive ketones (excluding diaryl/α,β-unsaturated/α-hetero) is 1. The normalized spacial score (nSPS) is 17.4. The molecule has 1 amide bonds. The Morgan fingerprint density at radius 1 is 0.971 bits per heavy atom. The molecule has 11 nitrogen and oxygen atoms in total. The number of rotatable bonds is 9. The zero-order chi connectivity index (χ0) is 25.0. The molecule has 178 valence electrons. The van der Waals surface area contributed by atoms with Gasteiger partial charge in [-0.3, -0.25) is 29.8 Å². The Balaban J connectivity index is 2.13. The van der Waals surface area contributed by atoms with Crippen molar-refractivity contribution >= 4 is 28.8 Å². The molecule has 34 heavy (non-hydrogen) atoms. The number of likely N-dealkylation sites (N-methyl/N-ethyl adjacent to an activating group) is 1. The summed E-state index contributed by atoms with van der Waals surface area (Å²) in [7, 11) is 0. The van der Waals surface area contributed by atoms with Gasteiger partial charge in [0, 0.05) is 29.8 Å². The van der Waals surface area contributed by atoms with Gasteiger partial charge in [-0.05, 0) is 37.1 Å². The van der Waals surface area contributed by atoms with Crippen LogP contribution in [-0.2, 0) is 9.59 Å². The Morgan fingerprint density at radius 2 is 1.59 bits per heavy atom. The van der Waals surface area contributed by atoms with Crippen molar-refractivity contribution in [2.45, 2.75) is 19.9 Å². The molecular formula is C23H24N4O7. The summed E-state index contributed by atoms with van der Waals surface area (Å²) in [6.45, 7) is 6.27. The first-order chi connectivity index (χ1) is 16.2. The summed E-state index contributed by atoms with van der Waals surface area (Å²) in [5, 5.41) is 35.6. The molecule has 0 saturated carbocycles. The van der Waals surface area contributed by atoms with Gasteiger partial charge in [-0.25, -0.2) is 0 Å². The lowest BCUT2D eigenvalue weighted by Crippen LogP contribution is -3.12. The summed E-state index contributed by atoms with van der Waals surface area (Å²) < 4.78 is 0. The van der Waals surface area contributed by atoms with E-state index in [2.05, 4.69) is 0 Å². The molecule has 1 unspecified atom stereocenters. The predicted molar refractivity (Wildman–Crippen MR) is 119 cm³/mol. The number of nitro groups is 2. The van der Waals surface area contributed by atoms with Gasteiger partial charge in [0.2, 0.25) is 5.78 Å². The number of carbonyl (C=O) groups is 2. The molecule has 1 N–H and O–H groups in total. The second-order valence-electron chi connectivity index (χ2n) is 7.84. The summed E-state index contributed by atoms with van der Waals surface area (Å²) in [6.07, 6.45) is 0. The van der Waals surface area contributed by atoms with Gasteiger partial charge in [-0.15, -0.1) is 0 Å². The number of carbonyl (C=O) groups excluding carboxylic acids is 2. The maximum absolute atomic E-state index is 13.3. The number of nitrogens with one attached hydrogen (secondary N) is 1. The molecule has 1 heterocycles. The number of hydrogen-bond donors (Lipinski definition) is 1. The highest BCUT2D eigenvalue weighted by atomic mass is 16.6. The van der Waals surface area contributed by atoms with Crippen molar-refractivity contribution in [2.24, 2.45) is 0 Å². The van der Waals surface area contributed by atoms with Crippen molar-refractivity contribution in [3.63, 3.8) is 0 Å². The molecular weight excluding hydrogens is 444 g/mol. The van der Waals surface area contributed by atoms with E-state index in [9.17, 15) is 34.9 Å². The van der Waals surface area contributed by atoms with Gasteiger partial charge >= 0.3 is 0 Å². The van der Waals surface area contributed by atoms with Crippen LogP contribution in [0.4, 0.5) is 11.4 Å². The Labute approximate surface area is 195 Å². The van der Waals surface area contributed by atoms with Crippen LogP contribution in [0.3, 0.4) is 0 Å². The largest absolute Gasteiger partial charge is 0.872 e. The van der Waals surface area contributed by atoms with Crippen LogP contribution in [-0.4, -0.2) is 52.6 Å². The molecule has 2 aromatic carbocycles. The van der Waals surface area contributed by atoms with Crippen LogP contribution in [0.2, 0.25) is 0 Å². The number of likely N-dealkylation sites (tertiary alicyclic amines) is 1. The first-order valence-electron chi connectivity index (χ1n) is 10.8. The first kappa shape index (κ1) is 24.5. The van der Waals surface area contributed by atoms with Gasteiger partial charge in [0.25, 0.3) is 17.3 Å². The van der Waals surface area contributed by atoms with E-state index in [-0.39, 0.29) is 34.6 Å². The Morgan fingerprint density at radius 3 is 2.15 bits per heavy atom. The monoisotopic (exact) mass is 468 g/mol. The van der Waals surface area contributed by atoms with Crippen molar-refractivity contribution in [1.29, 1.82) is 0 Å². The molecule has 0 aromatic heterocycles. The van der Waals surface area contributed by atoms with Crippen LogP contribution in [0.15, 0.2) is 54.1 Å². The fourth-order valence-corrected chi connectivity index (χ4v) is 4.03. The highest BCUT2D eigenvalue weighted by molar-refractivity contribution is 6.46. The maximum Gasteiger partial charge on any atom is 0.295 e. The van der Waals surface area contributed by atoms with Gasteiger partial charge < -0.3 is 14.9 Å². The number of nitro benzene ring substituents is 2. The number of nitrogens with zero attached hydrogens (tertiary/aromatic N) is 3. The Kier molecular flexibility index (Phi) is 7.37. The SMILES string of the molecule is CC[NH+](CC)CCN1C(=O)C(=O)/C(=C(/[O-])c2ccc([N+](=O)[O-])cc2)C1c1cccc([N+](=O)[O-])c1. The molecule has 0 bridgehead atoms. The standard InChI is InChI=1S/C23H24N4O7/c1-3-24(4-2)12-13-25-20(16-6-5-7-18(14-16)27(33)34)19(22(29)23(25)30)21(28)15-8-10-17(11-9-15)26(31)32/h5-11,14,20,28H,3-4,12-13H2,1-2H3/b21-19+. The van der Waals surface area contributed by atoms with Gasteiger partial charge in [0.15, 0.2) is 0 Å². The number of benzene rings is 2. The van der Waals surface area contributed by atoms with E-state index in [0.717, 1.165) is 25.2 Å².